The Kier molecular flexibility index (Phi) is 7.55. The molecule has 0 radical (unpaired) electrons. The van der Waals surface area contributed by atoms with Crippen LogP contribution in [0.25, 0.3) is 0 Å². The van der Waals surface area contributed by atoms with Crippen molar-refractivity contribution >= 4 is 18.0 Å². The Morgan fingerprint density at radius 1 is 1.21 bits per heavy atom. The summed E-state index contributed by atoms with van der Waals surface area (Å²) >= 11 is 0. The highest BCUT2D eigenvalue weighted by atomic mass is 16.5. The average Bonchev–Trinajstić information content (AvgIpc) is 2.27. The van der Waals surface area contributed by atoms with Crippen LogP contribution in [0.5, 0.6) is 0 Å². The topological polar surface area (TPSA) is 105 Å². The molecule has 0 aliphatic heterocycles. The maximum absolute atomic E-state index is 11.5. The number of esters is 1. The number of carboxylic acid groups (broad SMARTS) is 1. The molecular formula is C12H22N2O5. The lowest BCUT2D eigenvalue weighted by molar-refractivity contribution is -0.143. The first-order chi connectivity index (χ1) is 8.77. The van der Waals surface area contributed by atoms with Gasteiger partial charge in [-0.05, 0) is 12.8 Å². The molecule has 2 unspecified atom stereocenters. The molecule has 0 aromatic carbocycles. The normalized spacial score (nSPS) is 13.5. The van der Waals surface area contributed by atoms with Gasteiger partial charge in [0.15, 0.2) is 0 Å². The predicted octanol–water partition coefficient (Wildman–Crippen LogP) is 0.594. The summed E-state index contributed by atoms with van der Waals surface area (Å²) in [5.74, 6) is -2.08. The number of amides is 2. The minimum Gasteiger partial charge on any atom is -0.481 e. The van der Waals surface area contributed by atoms with Crippen LogP contribution in [0.1, 0.15) is 27.2 Å². The Hall–Kier alpha value is -1.79. The van der Waals surface area contributed by atoms with Crippen molar-refractivity contribution in [2.24, 2.45) is 11.8 Å². The van der Waals surface area contributed by atoms with Crippen molar-refractivity contribution in [3.8, 4) is 0 Å². The number of urea groups is 1. The third-order valence-electron chi connectivity index (χ3n) is 2.68. The van der Waals surface area contributed by atoms with E-state index in [1.165, 1.54) is 7.11 Å². The number of rotatable bonds is 7. The number of carboxylic acids is 1. The highest BCUT2D eigenvalue weighted by Crippen LogP contribution is 2.09. The van der Waals surface area contributed by atoms with Gasteiger partial charge in [-0.1, -0.05) is 13.8 Å². The molecule has 7 heteroatoms. The van der Waals surface area contributed by atoms with E-state index in [0.717, 1.165) is 0 Å². The van der Waals surface area contributed by atoms with Crippen LogP contribution < -0.4 is 10.6 Å². The summed E-state index contributed by atoms with van der Waals surface area (Å²) < 4.78 is 4.48. The zero-order valence-corrected chi connectivity index (χ0v) is 11.7. The number of carbonyl (C=O) groups is 3. The van der Waals surface area contributed by atoms with Crippen molar-refractivity contribution in [2.45, 2.75) is 33.2 Å². The summed E-state index contributed by atoms with van der Waals surface area (Å²) in [6.45, 7) is 5.26. The fourth-order valence-corrected chi connectivity index (χ4v) is 1.47. The number of ether oxygens (including phenoxy) is 1. The number of nitrogens with one attached hydrogen (secondary N) is 2. The van der Waals surface area contributed by atoms with E-state index >= 15 is 0 Å². The fourth-order valence-electron chi connectivity index (χ4n) is 1.47. The standard InChI is InChI=1S/C12H22N2O5/c1-7(2)9(11(16)17)6-13-12(18)14-8(3)5-10(15)19-4/h7-9H,5-6H2,1-4H3,(H,16,17)(H2,13,14,18). The summed E-state index contributed by atoms with van der Waals surface area (Å²) in [6.07, 6.45) is 0.0659. The van der Waals surface area contributed by atoms with Crippen LogP contribution >= 0.6 is 0 Å². The van der Waals surface area contributed by atoms with Gasteiger partial charge in [0.25, 0.3) is 0 Å². The third kappa shape index (κ3) is 7.28. The Balaban J connectivity index is 4.10. The number of carbonyl (C=O) groups excluding carboxylic acids is 2. The van der Waals surface area contributed by atoms with Gasteiger partial charge in [0.2, 0.25) is 0 Å². The van der Waals surface area contributed by atoms with Gasteiger partial charge < -0.3 is 20.5 Å². The summed E-state index contributed by atoms with van der Waals surface area (Å²) in [4.78, 5) is 33.4. The lowest BCUT2D eigenvalue weighted by Gasteiger charge is -2.18. The van der Waals surface area contributed by atoms with Crippen molar-refractivity contribution in [1.82, 2.24) is 10.6 Å². The quantitative estimate of drug-likeness (QED) is 0.589. The minimum absolute atomic E-state index is 0.0454. The van der Waals surface area contributed by atoms with Gasteiger partial charge in [0.1, 0.15) is 0 Å². The van der Waals surface area contributed by atoms with Crippen molar-refractivity contribution in [2.75, 3.05) is 13.7 Å². The molecule has 0 spiro atoms. The van der Waals surface area contributed by atoms with Crippen molar-refractivity contribution in [1.29, 1.82) is 0 Å². The van der Waals surface area contributed by atoms with Crippen LogP contribution in [0.2, 0.25) is 0 Å². The Morgan fingerprint density at radius 3 is 2.21 bits per heavy atom. The Morgan fingerprint density at radius 2 is 1.79 bits per heavy atom. The van der Waals surface area contributed by atoms with Gasteiger partial charge in [-0.3, -0.25) is 9.59 Å². The molecule has 7 nitrogen and oxygen atoms in total. The van der Waals surface area contributed by atoms with Crippen LogP contribution in [-0.4, -0.2) is 42.8 Å². The monoisotopic (exact) mass is 274 g/mol. The van der Waals surface area contributed by atoms with Gasteiger partial charge >= 0.3 is 18.0 Å². The Bertz CT molecular complexity index is 330. The first kappa shape index (κ1) is 17.2. The predicted molar refractivity (Wildman–Crippen MR) is 68.6 cm³/mol. The number of aliphatic carboxylic acids is 1. The molecule has 0 aromatic heterocycles. The van der Waals surface area contributed by atoms with Gasteiger partial charge in [0, 0.05) is 12.6 Å². The van der Waals surface area contributed by atoms with Crippen molar-refractivity contribution in [3.63, 3.8) is 0 Å². The summed E-state index contributed by atoms with van der Waals surface area (Å²) in [6, 6.07) is -0.877. The first-order valence-corrected chi connectivity index (χ1v) is 6.11. The lowest BCUT2D eigenvalue weighted by Crippen LogP contribution is -2.45. The van der Waals surface area contributed by atoms with E-state index < -0.39 is 23.9 Å². The second-order valence-electron chi connectivity index (χ2n) is 4.72. The SMILES string of the molecule is COC(=O)CC(C)NC(=O)NCC(C(=O)O)C(C)C. The third-order valence-corrected chi connectivity index (χ3v) is 2.68. The number of hydrogen-bond acceptors (Lipinski definition) is 4. The van der Waals surface area contributed by atoms with E-state index in [4.69, 9.17) is 5.11 Å². The average molecular weight is 274 g/mol. The summed E-state index contributed by atoms with van der Waals surface area (Å²) in [5, 5.41) is 14.0. The van der Waals surface area contributed by atoms with Crippen LogP contribution in [0.4, 0.5) is 4.79 Å². The van der Waals surface area contributed by atoms with E-state index in [-0.39, 0.29) is 24.9 Å². The van der Waals surface area contributed by atoms with Gasteiger partial charge in [-0.15, -0.1) is 0 Å². The van der Waals surface area contributed by atoms with E-state index in [2.05, 4.69) is 15.4 Å². The zero-order chi connectivity index (χ0) is 15.0. The molecule has 0 aliphatic rings. The second-order valence-corrected chi connectivity index (χ2v) is 4.72. The fraction of sp³-hybridized carbons (Fsp3) is 0.750. The molecule has 2 amide bonds. The molecule has 0 fully saturated rings. The summed E-state index contributed by atoms with van der Waals surface area (Å²) in [5.41, 5.74) is 0. The first-order valence-electron chi connectivity index (χ1n) is 6.11. The molecular weight excluding hydrogens is 252 g/mol. The molecule has 0 aliphatic carbocycles. The molecule has 0 rings (SSSR count). The zero-order valence-electron chi connectivity index (χ0n) is 11.7. The van der Waals surface area contributed by atoms with E-state index in [9.17, 15) is 14.4 Å². The number of hydrogen-bond donors (Lipinski definition) is 3. The molecule has 110 valence electrons. The van der Waals surface area contributed by atoms with Crippen LogP contribution in [0.3, 0.4) is 0 Å². The maximum atomic E-state index is 11.5. The minimum atomic E-state index is -0.946. The van der Waals surface area contributed by atoms with Gasteiger partial charge in [-0.2, -0.15) is 0 Å². The molecule has 19 heavy (non-hydrogen) atoms. The highest BCUT2D eigenvalue weighted by Gasteiger charge is 2.22. The van der Waals surface area contributed by atoms with Crippen LogP contribution in [0.15, 0.2) is 0 Å². The van der Waals surface area contributed by atoms with Crippen molar-refractivity contribution < 1.29 is 24.2 Å². The maximum Gasteiger partial charge on any atom is 0.315 e. The molecule has 0 saturated heterocycles. The highest BCUT2D eigenvalue weighted by molar-refractivity contribution is 5.77. The lowest BCUT2D eigenvalue weighted by atomic mass is 9.96. The van der Waals surface area contributed by atoms with E-state index in [0.29, 0.717) is 0 Å². The number of methoxy groups -OCH3 is 1. The molecule has 0 bridgehead atoms. The van der Waals surface area contributed by atoms with Crippen LogP contribution in [-0.2, 0) is 14.3 Å². The summed E-state index contributed by atoms with van der Waals surface area (Å²) in [7, 11) is 1.27. The van der Waals surface area contributed by atoms with Crippen molar-refractivity contribution in [3.05, 3.63) is 0 Å². The van der Waals surface area contributed by atoms with Gasteiger partial charge in [0.05, 0.1) is 19.4 Å². The molecule has 2 atom stereocenters. The smallest absolute Gasteiger partial charge is 0.315 e. The van der Waals surface area contributed by atoms with E-state index in [1.807, 2.05) is 0 Å². The van der Waals surface area contributed by atoms with Gasteiger partial charge in [-0.25, -0.2) is 4.79 Å². The molecule has 0 heterocycles. The Labute approximate surface area is 112 Å². The molecule has 3 N–H and O–H groups in total. The molecule has 0 saturated carbocycles. The van der Waals surface area contributed by atoms with E-state index in [1.54, 1.807) is 20.8 Å². The molecule has 0 aromatic rings. The second kappa shape index (κ2) is 8.34. The largest absolute Gasteiger partial charge is 0.481 e. The van der Waals surface area contributed by atoms with Crippen LogP contribution in [0, 0.1) is 11.8 Å².